The number of likely N-dealkylation sites (N-methyl/N-ethyl adjacent to an activating group) is 1. The van der Waals surface area contributed by atoms with Crippen LogP contribution >= 0.6 is 22.9 Å². The smallest absolute Gasteiger partial charge is 0.161 e. The van der Waals surface area contributed by atoms with Crippen molar-refractivity contribution in [1.82, 2.24) is 4.90 Å². The van der Waals surface area contributed by atoms with Gasteiger partial charge in [-0.05, 0) is 44.3 Å². The van der Waals surface area contributed by atoms with Gasteiger partial charge in [-0.3, -0.25) is 9.69 Å². The molecule has 1 atom stereocenters. The highest BCUT2D eigenvalue weighted by atomic mass is 35.5. The molecule has 0 saturated heterocycles. The first-order chi connectivity index (χ1) is 11.9. The van der Waals surface area contributed by atoms with Crippen molar-refractivity contribution >= 4 is 28.7 Å². The van der Waals surface area contributed by atoms with Gasteiger partial charge >= 0.3 is 0 Å². The van der Waals surface area contributed by atoms with E-state index in [1.54, 1.807) is 18.2 Å². The van der Waals surface area contributed by atoms with Crippen molar-refractivity contribution in [2.45, 2.75) is 19.6 Å². The zero-order valence-electron chi connectivity index (χ0n) is 14.5. The third-order valence-electron chi connectivity index (χ3n) is 3.58. The van der Waals surface area contributed by atoms with Gasteiger partial charge in [0, 0.05) is 23.5 Å². The fourth-order valence-electron chi connectivity index (χ4n) is 2.37. The molecule has 25 heavy (non-hydrogen) atoms. The van der Waals surface area contributed by atoms with Crippen LogP contribution in [-0.2, 0) is 6.54 Å². The minimum Gasteiger partial charge on any atom is -0.493 e. The average Bonchev–Trinajstić information content (AvgIpc) is 2.97. The number of Topliss-reactive ketones (excluding diaryl/α,β-unsaturated/α-hetero) is 1. The van der Waals surface area contributed by atoms with Crippen molar-refractivity contribution in [1.29, 1.82) is 0 Å². The number of halogens is 1. The number of rotatable bonds is 9. The highest BCUT2D eigenvalue weighted by Gasteiger charge is 2.13. The summed E-state index contributed by atoms with van der Waals surface area (Å²) in [5.41, 5.74) is 0.555. The number of aliphatic hydroxyl groups is 1. The molecule has 136 valence electrons. The van der Waals surface area contributed by atoms with Crippen LogP contribution < -0.4 is 9.47 Å². The Balaban J connectivity index is 1.86. The van der Waals surface area contributed by atoms with E-state index in [9.17, 15) is 9.90 Å². The standard InChI is InChI=1S/C18H22ClNO4S/c1-12(21)13-4-6-16(17(8-13)23-3)24-11-14(22)9-20(2)10-15-5-7-18(19)25-15/h4-8,14,22H,9-11H2,1-3H3. The SMILES string of the molecule is COc1cc(C(C)=O)ccc1OCC(O)CN(C)Cc1ccc(Cl)s1. The molecule has 5 nitrogen and oxygen atoms in total. The summed E-state index contributed by atoms with van der Waals surface area (Å²) in [5.74, 6) is 0.931. The van der Waals surface area contributed by atoms with Gasteiger partial charge in [0.2, 0.25) is 0 Å². The summed E-state index contributed by atoms with van der Waals surface area (Å²) in [6.07, 6.45) is -0.655. The summed E-state index contributed by atoms with van der Waals surface area (Å²) in [4.78, 5) is 14.6. The summed E-state index contributed by atoms with van der Waals surface area (Å²) in [6, 6.07) is 8.84. The Morgan fingerprint density at radius 2 is 2.08 bits per heavy atom. The number of nitrogens with zero attached hydrogens (tertiary/aromatic N) is 1. The van der Waals surface area contributed by atoms with Gasteiger partial charge in [0.1, 0.15) is 12.7 Å². The van der Waals surface area contributed by atoms with Gasteiger partial charge in [-0.2, -0.15) is 0 Å². The van der Waals surface area contributed by atoms with E-state index in [2.05, 4.69) is 0 Å². The Morgan fingerprint density at radius 1 is 1.32 bits per heavy atom. The summed E-state index contributed by atoms with van der Waals surface area (Å²) in [6.45, 7) is 2.80. The number of aliphatic hydroxyl groups excluding tert-OH is 1. The van der Waals surface area contributed by atoms with Crippen LogP contribution in [0.2, 0.25) is 4.34 Å². The lowest BCUT2D eigenvalue weighted by molar-refractivity contribution is 0.0735. The molecular weight excluding hydrogens is 362 g/mol. The number of carbonyl (C=O) groups is 1. The highest BCUT2D eigenvalue weighted by Crippen LogP contribution is 2.28. The number of hydrogen-bond acceptors (Lipinski definition) is 6. The zero-order chi connectivity index (χ0) is 18.4. The van der Waals surface area contributed by atoms with E-state index < -0.39 is 6.10 Å². The maximum Gasteiger partial charge on any atom is 0.161 e. The lowest BCUT2D eigenvalue weighted by Crippen LogP contribution is -2.32. The molecule has 1 aromatic heterocycles. The van der Waals surface area contributed by atoms with Crippen molar-refractivity contribution in [3.05, 3.63) is 45.1 Å². The van der Waals surface area contributed by atoms with E-state index >= 15 is 0 Å². The number of carbonyl (C=O) groups excluding carboxylic acids is 1. The first kappa shape index (κ1) is 19.7. The van der Waals surface area contributed by atoms with Gasteiger partial charge < -0.3 is 14.6 Å². The number of methoxy groups -OCH3 is 1. The lowest BCUT2D eigenvalue weighted by atomic mass is 10.1. The van der Waals surface area contributed by atoms with Crippen molar-refractivity contribution in [2.75, 3.05) is 27.3 Å². The van der Waals surface area contributed by atoms with Crippen molar-refractivity contribution in [2.24, 2.45) is 0 Å². The number of ketones is 1. The fraction of sp³-hybridized carbons (Fsp3) is 0.389. The zero-order valence-corrected chi connectivity index (χ0v) is 16.1. The molecular formula is C18H22ClNO4S. The maximum atomic E-state index is 11.4. The predicted molar refractivity (Wildman–Crippen MR) is 100 cm³/mol. The monoisotopic (exact) mass is 383 g/mol. The molecule has 1 heterocycles. The molecule has 0 aliphatic rings. The Bertz CT molecular complexity index is 719. The van der Waals surface area contributed by atoms with Crippen LogP contribution in [0.25, 0.3) is 0 Å². The van der Waals surface area contributed by atoms with Crippen LogP contribution in [0.1, 0.15) is 22.2 Å². The molecule has 1 aromatic carbocycles. The van der Waals surface area contributed by atoms with E-state index in [0.29, 0.717) is 30.2 Å². The summed E-state index contributed by atoms with van der Waals surface area (Å²) < 4.78 is 11.7. The second-order valence-corrected chi connectivity index (χ2v) is 7.59. The minimum atomic E-state index is -0.655. The number of ether oxygens (including phenoxy) is 2. The van der Waals surface area contributed by atoms with Gasteiger partial charge in [-0.1, -0.05) is 11.6 Å². The molecule has 2 rings (SSSR count). The Morgan fingerprint density at radius 3 is 2.68 bits per heavy atom. The van der Waals surface area contributed by atoms with E-state index in [4.69, 9.17) is 21.1 Å². The lowest BCUT2D eigenvalue weighted by Gasteiger charge is -2.20. The first-order valence-corrected chi connectivity index (χ1v) is 9.01. The van der Waals surface area contributed by atoms with Gasteiger partial charge in [-0.25, -0.2) is 0 Å². The van der Waals surface area contributed by atoms with E-state index in [1.807, 2.05) is 24.1 Å². The Kier molecular flexibility index (Phi) is 7.25. The molecule has 0 amide bonds. The molecule has 0 saturated carbocycles. The predicted octanol–water partition coefficient (Wildman–Crippen LogP) is 3.48. The molecule has 2 aromatic rings. The normalized spacial score (nSPS) is 12.2. The molecule has 0 radical (unpaired) electrons. The summed E-state index contributed by atoms with van der Waals surface area (Å²) >= 11 is 7.45. The van der Waals surface area contributed by atoms with E-state index in [0.717, 1.165) is 9.21 Å². The van der Waals surface area contributed by atoms with Crippen LogP contribution in [0.3, 0.4) is 0 Å². The minimum absolute atomic E-state index is 0.0415. The molecule has 0 aliphatic heterocycles. The van der Waals surface area contributed by atoms with E-state index in [1.165, 1.54) is 25.4 Å². The van der Waals surface area contributed by atoms with Gasteiger partial charge in [0.25, 0.3) is 0 Å². The Hall–Kier alpha value is -1.60. The summed E-state index contributed by atoms with van der Waals surface area (Å²) in [5, 5.41) is 10.2. The number of hydrogen-bond donors (Lipinski definition) is 1. The van der Waals surface area contributed by atoms with Gasteiger partial charge in [0.15, 0.2) is 17.3 Å². The second kappa shape index (κ2) is 9.20. The third-order valence-corrected chi connectivity index (χ3v) is 4.79. The van der Waals surface area contributed by atoms with Crippen LogP contribution in [0, 0.1) is 0 Å². The maximum absolute atomic E-state index is 11.4. The first-order valence-electron chi connectivity index (χ1n) is 7.81. The number of thiophene rings is 1. The topological polar surface area (TPSA) is 59.0 Å². The van der Waals surface area contributed by atoms with Crippen LogP contribution in [0.15, 0.2) is 30.3 Å². The van der Waals surface area contributed by atoms with Crippen LogP contribution in [0.4, 0.5) is 0 Å². The largest absolute Gasteiger partial charge is 0.493 e. The fourth-order valence-corrected chi connectivity index (χ4v) is 3.54. The van der Waals surface area contributed by atoms with Crippen molar-refractivity contribution < 1.29 is 19.4 Å². The van der Waals surface area contributed by atoms with Gasteiger partial charge in [-0.15, -0.1) is 11.3 Å². The van der Waals surface area contributed by atoms with E-state index in [-0.39, 0.29) is 12.4 Å². The number of benzene rings is 1. The van der Waals surface area contributed by atoms with Crippen molar-refractivity contribution in [3.63, 3.8) is 0 Å². The quantitative estimate of drug-likeness (QED) is 0.672. The molecule has 0 spiro atoms. The van der Waals surface area contributed by atoms with Gasteiger partial charge in [0.05, 0.1) is 11.4 Å². The molecule has 1 N–H and O–H groups in total. The summed E-state index contributed by atoms with van der Waals surface area (Å²) in [7, 11) is 3.45. The molecule has 7 heteroatoms. The van der Waals surface area contributed by atoms with Crippen LogP contribution in [-0.4, -0.2) is 49.2 Å². The molecule has 0 bridgehead atoms. The highest BCUT2D eigenvalue weighted by molar-refractivity contribution is 7.16. The average molecular weight is 384 g/mol. The second-order valence-electron chi connectivity index (χ2n) is 5.79. The van der Waals surface area contributed by atoms with Crippen LogP contribution in [0.5, 0.6) is 11.5 Å². The third kappa shape index (κ3) is 6.01. The Labute approximate surface area is 156 Å². The molecule has 0 aliphatic carbocycles. The molecule has 1 unspecified atom stereocenters. The molecule has 0 fully saturated rings. The van der Waals surface area contributed by atoms with Crippen molar-refractivity contribution in [3.8, 4) is 11.5 Å².